The largest absolute Gasteiger partial charge is 0.380 e. The molecule has 1 aliphatic heterocycles. The molecule has 112 valence electrons. The highest BCUT2D eigenvalue weighted by molar-refractivity contribution is 5.85. The van der Waals surface area contributed by atoms with Gasteiger partial charge in [-0.3, -0.25) is 4.79 Å². The number of amides is 1. The van der Waals surface area contributed by atoms with Gasteiger partial charge in [0.2, 0.25) is 5.91 Å². The normalized spacial score (nSPS) is 15.4. The molecule has 0 unspecified atom stereocenters. The molecule has 2 rings (SSSR count). The Morgan fingerprint density at radius 1 is 1.35 bits per heavy atom. The van der Waals surface area contributed by atoms with E-state index in [1.807, 2.05) is 18.2 Å². The van der Waals surface area contributed by atoms with Crippen molar-refractivity contribution < 1.29 is 9.53 Å². The minimum atomic E-state index is 0. The van der Waals surface area contributed by atoms with Crippen LogP contribution in [0.5, 0.6) is 0 Å². The van der Waals surface area contributed by atoms with E-state index >= 15 is 0 Å². The molecule has 5 heteroatoms. The number of methoxy groups -OCH3 is 1. The molecule has 1 aliphatic rings. The number of benzene rings is 1. The van der Waals surface area contributed by atoms with Crippen molar-refractivity contribution in [1.82, 2.24) is 10.6 Å². The van der Waals surface area contributed by atoms with Gasteiger partial charge in [0.25, 0.3) is 0 Å². The maximum atomic E-state index is 12.0. The molecule has 0 spiro atoms. The second-order valence-corrected chi connectivity index (χ2v) is 5.00. The molecule has 1 aromatic rings. The number of hydrogen-bond donors (Lipinski definition) is 2. The Morgan fingerprint density at radius 2 is 2.05 bits per heavy atom. The zero-order chi connectivity index (χ0) is 13.5. The molecule has 1 aromatic carbocycles. The summed E-state index contributed by atoms with van der Waals surface area (Å²) in [6.45, 7) is 3.10. The Balaban J connectivity index is 0.00000200. The lowest BCUT2D eigenvalue weighted by Gasteiger charge is -2.21. The highest BCUT2D eigenvalue weighted by Crippen LogP contribution is 2.12. The van der Waals surface area contributed by atoms with Crippen LogP contribution in [0.4, 0.5) is 0 Å². The molecule has 4 nitrogen and oxygen atoms in total. The van der Waals surface area contributed by atoms with Crippen LogP contribution in [-0.4, -0.2) is 26.1 Å². The minimum Gasteiger partial charge on any atom is -0.380 e. The zero-order valence-corrected chi connectivity index (χ0v) is 12.7. The third-order valence-corrected chi connectivity index (χ3v) is 3.48. The molecule has 1 fully saturated rings. The quantitative estimate of drug-likeness (QED) is 0.872. The molecule has 2 N–H and O–H groups in total. The van der Waals surface area contributed by atoms with Crippen LogP contribution in [-0.2, 0) is 22.7 Å². The minimum absolute atomic E-state index is 0. The number of ether oxygens (including phenoxy) is 1. The molecule has 20 heavy (non-hydrogen) atoms. The van der Waals surface area contributed by atoms with Crippen molar-refractivity contribution in [3.05, 3.63) is 35.4 Å². The average Bonchev–Trinajstić information content (AvgIpc) is 2.46. The molecule has 1 heterocycles. The number of carbonyl (C=O) groups excluding carboxylic acids is 1. The number of halogens is 1. The van der Waals surface area contributed by atoms with Gasteiger partial charge in [0.05, 0.1) is 6.61 Å². The molecule has 0 aliphatic carbocycles. The maximum absolute atomic E-state index is 12.0. The molecule has 0 atom stereocenters. The summed E-state index contributed by atoms with van der Waals surface area (Å²) in [5.74, 6) is 0.349. The predicted octanol–water partition coefficient (Wildman–Crippen LogP) is 1.87. The van der Waals surface area contributed by atoms with Gasteiger partial charge >= 0.3 is 0 Å². The number of rotatable bonds is 5. The molecule has 0 saturated carbocycles. The van der Waals surface area contributed by atoms with Crippen molar-refractivity contribution in [2.75, 3.05) is 20.2 Å². The summed E-state index contributed by atoms with van der Waals surface area (Å²) >= 11 is 0. The van der Waals surface area contributed by atoms with Crippen LogP contribution < -0.4 is 10.6 Å². The third kappa shape index (κ3) is 5.12. The van der Waals surface area contributed by atoms with E-state index < -0.39 is 0 Å². The summed E-state index contributed by atoms with van der Waals surface area (Å²) in [6.07, 6.45) is 1.88. The molecule has 0 radical (unpaired) electrons. The van der Waals surface area contributed by atoms with Crippen molar-refractivity contribution in [1.29, 1.82) is 0 Å². The summed E-state index contributed by atoms with van der Waals surface area (Å²) < 4.78 is 5.11. The van der Waals surface area contributed by atoms with Gasteiger partial charge in [-0.2, -0.15) is 0 Å². The van der Waals surface area contributed by atoms with Crippen molar-refractivity contribution in [3.63, 3.8) is 0 Å². The van der Waals surface area contributed by atoms with E-state index in [4.69, 9.17) is 4.74 Å². The lowest BCUT2D eigenvalue weighted by Crippen LogP contribution is -2.37. The standard InChI is InChI=1S/C15H22N2O2.ClH/c1-19-11-13-4-2-3-12(9-13)10-17-15(18)14-5-7-16-8-6-14;/h2-4,9,14,16H,5-8,10-11H2,1H3,(H,17,18);1H. The molecule has 1 amide bonds. The second-order valence-electron chi connectivity index (χ2n) is 5.00. The van der Waals surface area contributed by atoms with Crippen LogP contribution in [0.1, 0.15) is 24.0 Å². The van der Waals surface area contributed by atoms with Gasteiger partial charge in [-0.05, 0) is 37.1 Å². The van der Waals surface area contributed by atoms with Gasteiger partial charge in [0.1, 0.15) is 0 Å². The van der Waals surface area contributed by atoms with Crippen LogP contribution >= 0.6 is 12.4 Å². The number of hydrogen-bond acceptors (Lipinski definition) is 3. The van der Waals surface area contributed by atoms with E-state index in [2.05, 4.69) is 16.7 Å². The second kappa shape index (κ2) is 8.95. The van der Waals surface area contributed by atoms with E-state index in [1.165, 1.54) is 0 Å². The highest BCUT2D eigenvalue weighted by atomic mass is 35.5. The van der Waals surface area contributed by atoms with Gasteiger partial charge in [-0.15, -0.1) is 12.4 Å². The third-order valence-electron chi connectivity index (χ3n) is 3.48. The van der Waals surface area contributed by atoms with Crippen molar-refractivity contribution >= 4 is 18.3 Å². The van der Waals surface area contributed by atoms with E-state index in [0.717, 1.165) is 37.1 Å². The Morgan fingerprint density at radius 3 is 2.75 bits per heavy atom. The first-order valence-corrected chi connectivity index (χ1v) is 6.85. The van der Waals surface area contributed by atoms with Crippen LogP contribution in [0.2, 0.25) is 0 Å². The Bertz CT molecular complexity index is 420. The molecule has 0 bridgehead atoms. The fourth-order valence-corrected chi connectivity index (χ4v) is 2.41. The fourth-order valence-electron chi connectivity index (χ4n) is 2.41. The number of carbonyl (C=O) groups is 1. The Hall–Kier alpha value is -1.10. The summed E-state index contributed by atoms with van der Waals surface area (Å²) in [6, 6.07) is 8.13. The summed E-state index contributed by atoms with van der Waals surface area (Å²) in [4.78, 5) is 12.0. The summed E-state index contributed by atoms with van der Waals surface area (Å²) in [7, 11) is 1.69. The van der Waals surface area contributed by atoms with Gasteiger partial charge < -0.3 is 15.4 Å². The van der Waals surface area contributed by atoms with Crippen LogP contribution in [0.25, 0.3) is 0 Å². The van der Waals surface area contributed by atoms with Crippen molar-refractivity contribution in [2.45, 2.75) is 26.0 Å². The van der Waals surface area contributed by atoms with E-state index in [0.29, 0.717) is 13.2 Å². The molecule has 1 saturated heterocycles. The first-order valence-electron chi connectivity index (χ1n) is 6.85. The molecular weight excluding hydrogens is 276 g/mol. The van der Waals surface area contributed by atoms with Crippen LogP contribution in [0.15, 0.2) is 24.3 Å². The van der Waals surface area contributed by atoms with E-state index in [-0.39, 0.29) is 24.2 Å². The molecular formula is C15H23ClN2O2. The van der Waals surface area contributed by atoms with Crippen molar-refractivity contribution in [3.8, 4) is 0 Å². The Kier molecular flexibility index (Phi) is 7.59. The van der Waals surface area contributed by atoms with Crippen LogP contribution in [0.3, 0.4) is 0 Å². The lowest BCUT2D eigenvalue weighted by atomic mass is 9.97. The first-order chi connectivity index (χ1) is 9.29. The Labute approximate surface area is 126 Å². The monoisotopic (exact) mass is 298 g/mol. The first kappa shape index (κ1) is 17.0. The summed E-state index contributed by atoms with van der Waals surface area (Å²) in [5, 5.41) is 6.30. The van der Waals surface area contributed by atoms with Gasteiger partial charge in [-0.25, -0.2) is 0 Å². The smallest absolute Gasteiger partial charge is 0.223 e. The molecule has 0 aromatic heterocycles. The van der Waals surface area contributed by atoms with Gasteiger partial charge in [0.15, 0.2) is 0 Å². The maximum Gasteiger partial charge on any atom is 0.223 e. The van der Waals surface area contributed by atoms with Gasteiger partial charge in [0, 0.05) is 19.6 Å². The fraction of sp³-hybridized carbons (Fsp3) is 0.533. The highest BCUT2D eigenvalue weighted by Gasteiger charge is 2.20. The average molecular weight is 299 g/mol. The van der Waals surface area contributed by atoms with E-state index in [1.54, 1.807) is 7.11 Å². The van der Waals surface area contributed by atoms with Crippen LogP contribution in [0, 0.1) is 5.92 Å². The number of piperidine rings is 1. The van der Waals surface area contributed by atoms with Crippen molar-refractivity contribution in [2.24, 2.45) is 5.92 Å². The topological polar surface area (TPSA) is 50.4 Å². The number of nitrogens with one attached hydrogen (secondary N) is 2. The lowest BCUT2D eigenvalue weighted by molar-refractivity contribution is -0.125. The summed E-state index contributed by atoms with van der Waals surface area (Å²) in [5.41, 5.74) is 2.26. The SMILES string of the molecule is COCc1cccc(CNC(=O)C2CCNCC2)c1.Cl. The van der Waals surface area contributed by atoms with E-state index in [9.17, 15) is 4.79 Å². The zero-order valence-electron chi connectivity index (χ0n) is 11.9. The van der Waals surface area contributed by atoms with Gasteiger partial charge in [-0.1, -0.05) is 24.3 Å². The predicted molar refractivity (Wildman–Crippen MR) is 81.8 cm³/mol.